The summed E-state index contributed by atoms with van der Waals surface area (Å²) in [5, 5.41) is 7.08. The molecule has 1 aliphatic rings. The Morgan fingerprint density at radius 1 is 1.27 bits per heavy atom. The normalized spacial score (nSPS) is 26.5. The van der Waals surface area contributed by atoms with Crippen LogP contribution >= 0.6 is 0 Å². The number of ether oxygens (including phenoxy) is 1. The van der Waals surface area contributed by atoms with Crippen molar-refractivity contribution in [1.29, 1.82) is 5.41 Å². The summed E-state index contributed by atoms with van der Waals surface area (Å²) in [6.45, 7) is 3.16. The van der Waals surface area contributed by atoms with Crippen LogP contribution in [0.3, 0.4) is 0 Å². The summed E-state index contributed by atoms with van der Waals surface area (Å²) in [5.74, 6) is 1.18. The van der Waals surface area contributed by atoms with E-state index in [1.54, 1.807) is 0 Å². The monoisotopic (exact) mass is 212 g/mol. The van der Waals surface area contributed by atoms with E-state index < -0.39 is 0 Å². The van der Waals surface area contributed by atoms with Crippen LogP contribution in [-0.4, -0.2) is 18.5 Å². The summed E-state index contributed by atoms with van der Waals surface area (Å²) in [4.78, 5) is 0. The number of rotatable bonds is 6. The molecule has 0 spiro atoms. The van der Waals surface area contributed by atoms with Crippen molar-refractivity contribution in [3.63, 3.8) is 0 Å². The molecule has 1 aliphatic carbocycles. The van der Waals surface area contributed by atoms with E-state index in [4.69, 9.17) is 15.9 Å². The third-order valence-electron chi connectivity index (χ3n) is 3.16. The first kappa shape index (κ1) is 12.5. The van der Waals surface area contributed by atoms with Crippen molar-refractivity contribution in [1.82, 2.24) is 0 Å². The van der Waals surface area contributed by atoms with E-state index in [2.05, 4.69) is 6.92 Å². The van der Waals surface area contributed by atoms with Crippen LogP contribution in [0.5, 0.6) is 0 Å². The summed E-state index contributed by atoms with van der Waals surface area (Å²) in [7, 11) is 0. The van der Waals surface area contributed by atoms with Gasteiger partial charge in [-0.15, -0.1) is 0 Å². The van der Waals surface area contributed by atoms with Crippen LogP contribution in [0.15, 0.2) is 0 Å². The Labute approximate surface area is 92.9 Å². The highest BCUT2D eigenvalue weighted by Gasteiger charge is 2.17. The zero-order valence-electron chi connectivity index (χ0n) is 9.80. The molecular formula is C12H24N2O. The van der Waals surface area contributed by atoms with E-state index >= 15 is 0 Å². The molecule has 3 nitrogen and oxygen atoms in total. The number of amidine groups is 1. The molecule has 0 aromatic carbocycles. The van der Waals surface area contributed by atoms with Gasteiger partial charge in [0, 0.05) is 13.0 Å². The summed E-state index contributed by atoms with van der Waals surface area (Å²) in [6.07, 6.45) is 8.33. The average molecular weight is 212 g/mol. The number of hydrogen-bond acceptors (Lipinski definition) is 2. The summed E-state index contributed by atoms with van der Waals surface area (Å²) in [6, 6.07) is 0. The van der Waals surface area contributed by atoms with Crippen LogP contribution < -0.4 is 5.73 Å². The van der Waals surface area contributed by atoms with Crippen LogP contribution in [0.2, 0.25) is 0 Å². The van der Waals surface area contributed by atoms with Gasteiger partial charge >= 0.3 is 0 Å². The van der Waals surface area contributed by atoms with Gasteiger partial charge in [-0.25, -0.2) is 0 Å². The van der Waals surface area contributed by atoms with E-state index in [1.807, 2.05) is 0 Å². The molecule has 1 saturated carbocycles. The lowest BCUT2D eigenvalue weighted by molar-refractivity contribution is 0.0182. The first-order chi connectivity index (χ1) is 7.18. The number of unbranched alkanes of at least 4 members (excludes halogenated alkanes) is 1. The van der Waals surface area contributed by atoms with E-state index in [9.17, 15) is 0 Å². The second-order valence-electron chi connectivity index (χ2n) is 4.74. The highest BCUT2D eigenvalue weighted by Crippen LogP contribution is 2.25. The van der Waals surface area contributed by atoms with Crippen LogP contribution in [0.1, 0.15) is 51.9 Å². The van der Waals surface area contributed by atoms with E-state index in [0.717, 1.165) is 25.4 Å². The predicted octanol–water partition coefficient (Wildman–Crippen LogP) is 2.69. The maximum atomic E-state index is 7.08. The molecule has 0 bridgehead atoms. The SMILES string of the molecule is CC1CCC(OCCCCC(=N)N)CC1. The molecule has 0 heterocycles. The molecule has 0 aromatic heterocycles. The number of nitrogens with two attached hydrogens (primary N) is 1. The number of hydrogen-bond donors (Lipinski definition) is 2. The van der Waals surface area contributed by atoms with Gasteiger partial charge in [-0.1, -0.05) is 6.92 Å². The standard InChI is InChI=1S/C12H24N2O/c1-10-5-7-11(8-6-10)15-9-3-2-4-12(13)14/h10-11H,2-9H2,1H3,(H3,13,14). The highest BCUT2D eigenvalue weighted by molar-refractivity contribution is 5.76. The molecule has 0 radical (unpaired) electrons. The molecule has 0 aliphatic heterocycles. The zero-order valence-corrected chi connectivity index (χ0v) is 9.80. The molecule has 0 unspecified atom stereocenters. The summed E-state index contributed by atoms with van der Waals surface area (Å²) in [5.41, 5.74) is 5.28. The van der Waals surface area contributed by atoms with Crippen LogP contribution in [0, 0.1) is 11.3 Å². The van der Waals surface area contributed by atoms with Gasteiger partial charge in [0.05, 0.1) is 11.9 Å². The first-order valence-electron chi connectivity index (χ1n) is 6.13. The summed E-state index contributed by atoms with van der Waals surface area (Å²) >= 11 is 0. The molecule has 15 heavy (non-hydrogen) atoms. The molecule has 3 N–H and O–H groups in total. The van der Waals surface area contributed by atoms with E-state index in [0.29, 0.717) is 18.4 Å². The third kappa shape index (κ3) is 5.78. The second kappa shape index (κ2) is 6.83. The molecular weight excluding hydrogens is 188 g/mol. The van der Waals surface area contributed by atoms with Crippen LogP contribution in [0.4, 0.5) is 0 Å². The lowest BCUT2D eigenvalue weighted by atomic mass is 9.89. The Morgan fingerprint density at radius 3 is 2.53 bits per heavy atom. The van der Waals surface area contributed by atoms with Crippen molar-refractivity contribution in [3.8, 4) is 0 Å². The topological polar surface area (TPSA) is 59.1 Å². The van der Waals surface area contributed by atoms with Gasteiger partial charge in [-0.05, 0) is 44.4 Å². The molecule has 0 atom stereocenters. The van der Waals surface area contributed by atoms with Crippen LogP contribution in [0.25, 0.3) is 0 Å². The quantitative estimate of drug-likeness (QED) is 0.404. The maximum Gasteiger partial charge on any atom is 0.0905 e. The van der Waals surface area contributed by atoms with E-state index in [1.165, 1.54) is 25.7 Å². The Bertz CT molecular complexity index is 186. The summed E-state index contributed by atoms with van der Waals surface area (Å²) < 4.78 is 5.80. The first-order valence-corrected chi connectivity index (χ1v) is 6.13. The minimum absolute atomic E-state index is 0.293. The van der Waals surface area contributed by atoms with Crippen molar-refractivity contribution in [2.75, 3.05) is 6.61 Å². The Hall–Kier alpha value is -0.570. The fraction of sp³-hybridized carbons (Fsp3) is 0.917. The van der Waals surface area contributed by atoms with Crippen molar-refractivity contribution < 1.29 is 4.74 Å². The second-order valence-corrected chi connectivity index (χ2v) is 4.74. The lowest BCUT2D eigenvalue weighted by Gasteiger charge is -2.26. The van der Waals surface area contributed by atoms with E-state index in [-0.39, 0.29) is 0 Å². The Kier molecular flexibility index (Phi) is 5.69. The van der Waals surface area contributed by atoms with Crippen molar-refractivity contribution in [3.05, 3.63) is 0 Å². The maximum absolute atomic E-state index is 7.08. The fourth-order valence-corrected chi connectivity index (χ4v) is 2.06. The highest BCUT2D eigenvalue weighted by atomic mass is 16.5. The minimum atomic E-state index is 0.293. The van der Waals surface area contributed by atoms with Crippen molar-refractivity contribution >= 4 is 5.84 Å². The predicted molar refractivity (Wildman–Crippen MR) is 63.1 cm³/mol. The van der Waals surface area contributed by atoms with Gasteiger partial charge in [-0.2, -0.15) is 0 Å². The van der Waals surface area contributed by atoms with Crippen molar-refractivity contribution in [2.24, 2.45) is 11.7 Å². The molecule has 3 heteroatoms. The molecule has 1 rings (SSSR count). The molecule has 0 aromatic rings. The van der Waals surface area contributed by atoms with Gasteiger partial charge in [0.25, 0.3) is 0 Å². The minimum Gasteiger partial charge on any atom is -0.388 e. The van der Waals surface area contributed by atoms with Crippen molar-refractivity contribution in [2.45, 2.75) is 58.0 Å². The smallest absolute Gasteiger partial charge is 0.0905 e. The molecule has 88 valence electrons. The Balaban J connectivity index is 1.94. The molecule has 0 saturated heterocycles. The third-order valence-corrected chi connectivity index (χ3v) is 3.16. The van der Waals surface area contributed by atoms with Crippen LogP contribution in [-0.2, 0) is 4.74 Å². The van der Waals surface area contributed by atoms with Gasteiger partial charge < -0.3 is 10.5 Å². The average Bonchev–Trinajstić information content (AvgIpc) is 2.20. The zero-order chi connectivity index (χ0) is 11.1. The Morgan fingerprint density at radius 2 is 1.93 bits per heavy atom. The number of nitrogens with one attached hydrogen (secondary N) is 1. The molecule has 1 fully saturated rings. The largest absolute Gasteiger partial charge is 0.388 e. The molecule has 0 amide bonds. The van der Waals surface area contributed by atoms with Gasteiger partial charge in [0.15, 0.2) is 0 Å². The van der Waals surface area contributed by atoms with Gasteiger partial charge in [0.1, 0.15) is 0 Å². The lowest BCUT2D eigenvalue weighted by Crippen LogP contribution is -2.21. The van der Waals surface area contributed by atoms with Gasteiger partial charge in [-0.3, -0.25) is 5.41 Å². The fourth-order valence-electron chi connectivity index (χ4n) is 2.06. The van der Waals surface area contributed by atoms with Gasteiger partial charge in [0.2, 0.25) is 0 Å².